The van der Waals surface area contributed by atoms with Crippen molar-refractivity contribution in [1.29, 1.82) is 0 Å². The highest BCUT2D eigenvalue weighted by atomic mass is 35.5. The Bertz CT molecular complexity index is 1420. The Morgan fingerprint density at radius 1 is 1.13 bits per heavy atom. The number of sulfonamides is 1. The van der Waals surface area contributed by atoms with Gasteiger partial charge in [-0.05, 0) is 38.0 Å². The van der Waals surface area contributed by atoms with E-state index < -0.39 is 10.0 Å². The van der Waals surface area contributed by atoms with E-state index in [1.165, 1.54) is 23.8 Å². The molecule has 0 amide bonds. The Morgan fingerprint density at radius 2 is 1.90 bits per heavy atom. The van der Waals surface area contributed by atoms with Gasteiger partial charge in [-0.2, -0.15) is 8.42 Å². The molecule has 0 spiro atoms. The summed E-state index contributed by atoms with van der Waals surface area (Å²) in [5, 5.41) is 3.04. The summed E-state index contributed by atoms with van der Waals surface area (Å²) in [6.45, 7) is 1.96. The van der Waals surface area contributed by atoms with Crippen molar-refractivity contribution < 1.29 is 12.8 Å². The molecule has 9 heteroatoms. The van der Waals surface area contributed by atoms with Crippen LogP contribution in [0.2, 0.25) is 4.34 Å². The quantitative estimate of drug-likeness (QED) is 0.315. The number of hydrogen-bond acceptors (Lipinski definition) is 5. The van der Waals surface area contributed by atoms with Crippen molar-refractivity contribution in [2.45, 2.75) is 49.3 Å². The van der Waals surface area contributed by atoms with Crippen molar-refractivity contribution in [1.82, 2.24) is 4.57 Å². The minimum Gasteiger partial charge on any atom is -0.461 e. The van der Waals surface area contributed by atoms with Gasteiger partial charge in [0.25, 0.3) is 10.0 Å². The third kappa shape index (κ3) is 3.91. The SMILES string of the molecule is Cc1oc2ccccc2c1-c1csc(=NS(=O)(=O)c2ccc(Cl)s2)n1C1CCCCC1. The average molecular weight is 493 g/mol. The molecule has 4 aromatic rings. The Labute approximate surface area is 193 Å². The molecular formula is C22H21ClN2O3S3. The smallest absolute Gasteiger partial charge is 0.294 e. The number of fused-ring (bicyclic) bond motifs is 1. The number of aryl methyl sites for hydroxylation is 1. The maximum absolute atomic E-state index is 13.0. The van der Waals surface area contributed by atoms with Gasteiger partial charge in [-0.15, -0.1) is 27.1 Å². The zero-order chi connectivity index (χ0) is 21.6. The molecule has 31 heavy (non-hydrogen) atoms. The van der Waals surface area contributed by atoms with Gasteiger partial charge >= 0.3 is 0 Å². The van der Waals surface area contributed by atoms with Gasteiger partial charge in [-0.1, -0.05) is 49.1 Å². The molecule has 1 aliphatic rings. The molecule has 1 aliphatic carbocycles. The molecule has 3 aromatic heterocycles. The maximum atomic E-state index is 13.0. The number of thiazole rings is 1. The molecule has 1 saturated carbocycles. The Morgan fingerprint density at radius 3 is 2.65 bits per heavy atom. The van der Waals surface area contributed by atoms with Gasteiger partial charge in [0.1, 0.15) is 15.6 Å². The highest BCUT2D eigenvalue weighted by Gasteiger charge is 2.25. The lowest BCUT2D eigenvalue weighted by Crippen LogP contribution is -2.25. The van der Waals surface area contributed by atoms with E-state index in [1.807, 2.05) is 36.6 Å². The van der Waals surface area contributed by atoms with Crippen LogP contribution < -0.4 is 4.80 Å². The number of hydrogen-bond donors (Lipinski definition) is 0. The molecule has 0 aliphatic heterocycles. The van der Waals surface area contributed by atoms with Crippen LogP contribution >= 0.6 is 34.3 Å². The largest absolute Gasteiger partial charge is 0.461 e. The van der Waals surface area contributed by atoms with Gasteiger partial charge in [-0.25, -0.2) is 0 Å². The first-order valence-corrected chi connectivity index (χ1v) is 13.7. The molecule has 1 fully saturated rings. The molecular weight excluding hydrogens is 472 g/mol. The van der Waals surface area contributed by atoms with Crippen molar-refractivity contribution in [2.75, 3.05) is 0 Å². The van der Waals surface area contributed by atoms with Crippen LogP contribution in [0.5, 0.6) is 0 Å². The lowest BCUT2D eigenvalue weighted by molar-refractivity contribution is 0.351. The second kappa shape index (κ2) is 8.24. The van der Waals surface area contributed by atoms with Crippen LogP contribution in [0, 0.1) is 6.92 Å². The summed E-state index contributed by atoms with van der Waals surface area (Å²) in [6, 6.07) is 11.3. The topological polar surface area (TPSA) is 64.6 Å². The van der Waals surface area contributed by atoms with Gasteiger partial charge < -0.3 is 8.98 Å². The fourth-order valence-corrected chi connectivity index (χ4v) is 7.95. The molecule has 0 unspecified atom stereocenters. The zero-order valence-electron chi connectivity index (χ0n) is 16.9. The van der Waals surface area contributed by atoms with Crippen LogP contribution in [0.25, 0.3) is 22.2 Å². The summed E-state index contributed by atoms with van der Waals surface area (Å²) in [5.41, 5.74) is 2.81. The minimum atomic E-state index is -3.84. The lowest BCUT2D eigenvalue weighted by Gasteiger charge is -2.25. The number of para-hydroxylation sites is 1. The average Bonchev–Trinajstić information content (AvgIpc) is 3.45. The molecule has 3 heterocycles. The van der Waals surface area contributed by atoms with Gasteiger partial charge in [0.2, 0.25) is 4.80 Å². The van der Waals surface area contributed by atoms with Gasteiger partial charge in [0, 0.05) is 22.4 Å². The summed E-state index contributed by atoms with van der Waals surface area (Å²) < 4.78 is 39.0. The Hall–Kier alpha value is -1.87. The van der Waals surface area contributed by atoms with Crippen molar-refractivity contribution in [3.8, 4) is 11.3 Å². The van der Waals surface area contributed by atoms with E-state index in [0.717, 1.165) is 65.0 Å². The molecule has 1 aromatic carbocycles. The van der Waals surface area contributed by atoms with E-state index in [2.05, 4.69) is 8.96 Å². The van der Waals surface area contributed by atoms with Crippen LogP contribution in [-0.2, 0) is 10.0 Å². The third-order valence-corrected chi connectivity index (χ3v) is 9.63. The molecule has 5 nitrogen and oxygen atoms in total. The van der Waals surface area contributed by atoms with E-state index in [1.54, 1.807) is 6.07 Å². The van der Waals surface area contributed by atoms with Gasteiger partial charge in [-0.3, -0.25) is 0 Å². The molecule has 0 N–H and O–H groups in total. The lowest BCUT2D eigenvalue weighted by atomic mass is 9.94. The second-order valence-corrected chi connectivity index (χ2v) is 12.1. The second-order valence-electron chi connectivity index (χ2n) is 7.72. The van der Waals surface area contributed by atoms with Crippen LogP contribution in [0.15, 0.2) is 54.8 Å². The molecule has 162 valence electrons. The first kappa shape index (κ1) is 21.0. The fourth-order valence-electron chi connectivity index (χ4n) is 4.33. The van der Waals surface area contributed by atoms with Gasteiger partial charge in [0.15, 0.2) is 0 Å². The number of rotatable bonds is 4. The summed E-state index contributed by atoms with van der Waals surface area (Å²) in [6.07, 6.45) is 5.49. The fraction of sp³-hybridized carbons (Fsp3) is 0.318. The number of thiophene rings is 1. The predicted molar refractivity (Wildman–Crippen MR) is 126 cm³/mol. The standard InChI is InChI=1S/C22H21ClN2O3S3/c1-14-21(16-9-5-6-10-18(16)28-14)17-13-29-22(25(17)15-7-3-2-4-8-15)24-31(26,27)20-12-11-19(23)30-20/h5-6,9-13,15H,2-4,7-8H2,1H3. The Balaban J connectivity index is 1.74. The monoisotopic (exact) mass is 492 g/mol. The van der Waals surface area contributed by atoms with Crippen LogP contribution in [0.3, 0.4) is 0 Å². The number of halogens is 1. The summed E-state index contributed by atoms with van der Waals surface area (Å²) >= 11 is 8.36. The highest BCUT2D eigenvalue weighted by molar-refractivity contribution is 7.92. The molecule has 5 rings (SSSR count). The first-order chi connectivity index (χ1) is 14.9. The Kier molecular flexibility index (Phi) is 5.58. The third-order valence-electron chi connectivity index (χ3n) is 5.71. The highest BCUT2D eigenvalue weighted by Crippen LogP contribution is 2.38. The first-order valence-electron chi connectivity index (χ1n) is 10.2. The van der Waals surface area contributed by atoms with Gasteiger partial charge in [0.05, 0.1) is 10.0 Å². The van der Waals surface area contributed by atoms with E-state index in [4.69, 9.17) is 16.0 Å². The number of furan rings is 1. The van der Waals surface area contributed by atoms with Crippen molar-refractivity contribution >= 4 is 55.3 Å². The zero-order valence-corrected chi connectivity index (χ0v) is 20.1. The number of benzene rings is 1. The number of aromatic nitrogens is 1. The molecule has 0 bridgehead atoms. The van der Waals surface area contributed by atoms with Crippen molar-refractivity contribution in [2.24, 2.45) is 4.40 Å². The van der Waals surface area contributed by atoms with Crippen LogP contribution in [0.1, 0.15) is 43.9 Å². The molecule has 0 radical (unpaired) electrons. The molecule has 0 atom stereocenters. The van der Waals surface area contributed by atoms with Crippen LogP contribution in [0.4, 0.5) is 0 Å². The van der Waals surface area contributed by atoms with Crippen molar-refractivity contribution in [3.05, 3.63) is 56.7 Å². The summed E-state index contributed by atoms with van der Waals surface area (Å²) in [5.74, 6) is 0.822. The van der Waals surface area contributed by atoms with Crippen LogP contribution in [-0.4, -0.2) is 13.0 Å². The van der Waals surface area contributed by atoms with Crippen molar-refractivity contribution in [3.63, 3.8) is 0 Å². The van der Waals surface area contributed by atoms with E-state index in [9.17, 15) is 8.42 Å². The predicted octanol–water partition coefficient (Wildman–Crippen LogP) is 6.78. The summed E-state index contributed by atoms with van der Waals surface area (Å²) in [7, 11) is -3.84. The number of nitrogens with zero attached hydrogens (tertiary/aromatic N) is 2. The van der Waals surface area contributed by atoms with E-state index in [0.29, 0.717) is 9.14 Å². The normalized spacial score (nSPS) is 16.4. The molecule has 0 saturated heterocycles. The summed E-state index contributed by atoms with van der Waals surface area (Å²) in [4.78, 5) is 0.496. The maximum Gasteiger partial charge on any atom is 0.294 e. The minimum absolute atomic E-state index is 0.160. The van der Waals surface area contributed by atoms with E-state index >= 15 is 0 Å². The van der Waals surface area contributed by atoms with E-state index in [-0.39, 0.29) is 10.3 Å².